The molecule has 192 valence electrons. The second-order valence-electron chi connectivity index (χ2n) is 8.19. The van der Waals surface area contributed by atoms with E-state index in [2.05, 4.69) is 5.32 Å². The summed E-state index contributed by atoms with van der Waals surface area (Å²) in [4.78, 5) is 12.1. The van der Waals surface area contributed by atoms with E-state index in [1.165, 1.54) is 31.2 Å². The molecule has 1 amide bonds. The highest BCUT2D eigenvalue weighted by Gasteiger charge is 2.36. The van der Waals surface area contributed by atoms with Crippen molar-refractivity contribution < 1.29 is 31.5 Å². The Morgan fingerprint density at radius 3 is 2.47 bits per heavy atom. The largest absolute Gasteiger partial charge is 0.497 e. The van der Waals surface area contributed by atoms with Gasteiger partial charge in [0.2, 0.25) is 0 Å². The van der Waals surface area contributed by atoms with Gasteiger partial charge < -0.3 is 14.8 Å². The number of hydrogen-bond acceptors (Lipinski definition) is 5. The SMILES string of the molecule is COc1cccc(CCNC(=O)OC[C@@H](C)[C@@H](c2cc(F)ccc2F)S(=O)(=O)c2ccc(Cl)cc2)c1. The van der Waals surface area contributed by atoms with E-state index in [-0.39, 0.29) is 23.6 Å². The molecule has 0 saturated carbocycles. The van der Waals surface area contributed by atoms with Crippen molar-refractivity contribution in [3.8, 4) is 5.75 Å². The zero-order valence-corrected chi connectivity index (χ0v) is 21.3. The molecule has 0 unspecified atom stereocenters. The fraction of sp³-hybridized carbons (Fsp3) is 0.269. The molecule has 0 bridgehead atoms. The molecule has 2 atom stereocenters. The summed E-state index contributed by atoms with van der Waals surface area (Å²) in [6, 6.07) is 15.4. The van der Waals surface area contributed by atoms with Gasteiger partial charge >= 0.3 is 6.09 Å². The van der Waals surface area contributed by atoms with Gasteiger partial charge in [-0.1, -0.05) is 30.7 Å². The highest BCUT2D eigenvalue weighted by molar-refractivity contribution is 7.91. The monoisotopic (exact) mass is 537 g/mol. The molecule has 0 aliphatic carbocycles. The third-order valence-electron chi connectivity index (χ3n) is 5.55. The first-order valence-electron chi connectivity index (χ1n) is 11.1. The first-order valence-corrected chi connectivity index (χ1v) is 13.0. The van der Waals surface area contributed by atoms with Gasteiger partial charge in [0.1, 0.15) is 17.4 Å². The lowest BCUT2D eigenvalue weighted by molar-refractivity contribution is 0.128. The van der Waals surface area contributed by atoms with E-state index in [1.807, 2.05) is 24.3 Å². The average Bonchev–Trinajstić information content (AvgIpc) is 2.85. The number of sulfone groups is 1. The Balaban J connectivity index is 1.72. The van der Waals surface area contributed by atoms with E-state index in [0.717, 1.165) is 23.8 Å². The van der Waals surface area contributed by atoms with Gasteiger partial charge in [0.05, 0.1) is 23.9 Å². The number of ether oxygens (including phenoxy) is 2. The molecule has 1 N–H and O–H groups in total. The van der Waals surface area contributed by atoms with Crippen LogP contribution in [0.3, 0.4) is 0 Å². The van der Waals surface area contributed by atoms with Crippen LogP contribution >= 0.6 is 11.6 Å². The van der Waals surface area contributed by atoms with E-state index in [9.17, 15) is 22.0 Å². The molecule has 0 aromatic heterocycles. The molecule has 0 aliphatic rings. The van der Waals surface area contributed by atoms with Crippen molar-refractivity contribution in [1.29, 1.82) is 0 Å². The van der Waals surface area contributed by atoms with E-state index < -0.39 is 38.7 Å². The van der Waals surface area contributed by atoms with Gasteiger partial charge in [0.25, 0.3) is 0 Å². The maximum absolute atomic E-state index is 14.7. The first-order chi connectivity index (χ1) is 17.1. The fourth-order valence-electron chi connectivity index (χ4n) is 3.77. The van der Waals surface area contributed by atoms with Crippen LogP contribution in [-0.4, -0.2) is 34.8 Å². The van der Waals surface area contributed by atoms with Gasteiger partial charge in [0, 0.05) is 23.0 Å². The molecular weight excluding hydrogens is 512 g/mol. The van der Waals surface area contributed by atoms with Crippen LogP contribution in [0.1, 0.15) is 23.3 Å². The number of hydrogen-bond donors (Lipinski definition) is 1. The summed E-state index contributed by atoms with van der Waals surface area (Å²) in [5, 5.41) is 1.41. The van der Waals surface area contributed by atoms with Crippen LogP contribution in [0.5, 0.6) is 5.75 Å². The minimum absolute atomic E-state index is 0.116. The summed E-state index contributed by atoms with van der Waals surface area (Å²) in [5.74, 6) is -1.88. The lowest BCUT2D eigenvalue weighted by Gasteiger charge is -2.25. The molecule has 3 rings (SSSR count). The number of rotatable bonds is 10. The Kier molecular flexibility index (Phi) is 9.28. The lowest BCUT2D eigenvalue weighted by Crippen LogP contribution is -2.31. The number of methoxy groups -OCH3 is 1. The van der Waals surface area contributed by atoms with Gasteiger partial charge in [0.15, 0.2) is 9.84 Å². The lowest BCUT2D eigenvalue weighted by atomic mass is 10.0. The van der Waals surface area contributed by atoms with Gasteiger partial charge in [-0.3, -0.25) is 0 Å². The Bertz CT molecular complexity index is 1300. The van der Waals surface area contributed by atoms with Crippen molar-refractivity contribution in [1.82, 2.24) is 5.32 Å². The maximum Gasteiger partial charge on any atom is 0.407 e. The van der Waals surface area contributed by atoms with Crippen LogP contribution in [0, 0.1) is 17.6 Å². The van der Waals surface area contributed by atoms with E-state index in [1.54, 1.807) is 7.11 Å². The summed E-state index contributed by atoms with van der Waals surface area (Å²) in [5.41, 5.74) is 0.596. The fourth-order valence-corrected chi connectivity index (χ4v) is 5.91. The number of benzene rings is 3. The van der Waals surface area contributed by atoms with Crippen molar-refractivity contribution in [3.63, 3.8) is 0 Å². The summed E-state index contributed by atoms with van der Waals surface area (Å²) >= 11 is 5.87. The normalized spacial score (nSPS) is 13.0. The third-order valence-corrected chi connectivity index (χ3v) is 8.12. The van der Waals surface area contributed by atoms with Crippen LogP contribution < -0.4 is 10.1 Å². The Morgan fingerprint density at radius 2 is 1.78 bits per heavy atom. The van der Waals surface area contributed by atoms with Crippen LogP contribution in [0.15, 0.2) is 71.6 Å². The molecule has 0 aliphatic heterocycles. The van der Waals surface area contributed by atoms with Crippen LogP contribution in [0.25, 0.3) is 0 Å². The maximum atomic E-state index is 14.7. The smallest absolute Gasteiger partial charge is 0.407 e. The summed E-state index contributed by atoms with van der Waals surface area (Å²) < 4.78 is 66.0. The second-order valence-corrected chi connectivity index (χ2v) is 10.7. The standard InChI is InChI=1S/C26H26ClF2NO5S/c1-17(16-35-26(31)30-13-12-18-4-3-5-21(14-18)34-2)25(23-15-20(28)8-11-24(23)29)36(32,33)22-9-6-19(27)7-10-22/h3-11,14-15,17,25H,12-13,16H2,1-2H3,(H,30,31)/t17-,25+/m1/s1. The number of alkyl carbamates (subject to hydrolysis) is 1. The zero-order chi connectivity index (χ0) is 26.3. The number of carbonyl (C=O) groups is 1. The highest BCUT2D eigenvalue weighted by Crippen LogP contribution is 2.37. The topological polar surface area (TPSA) is 81.7 Å². The quantitative estimate of drug-likeness (QED) is 0.356. The zero-order valence-electron chi connectivity index (χ0n) is 19.7. The highest BCUT2D eigenvalue weighted by atomic mass is 35.5. The van der Waals surface area contributed by atoms with Crippen molar-refractivity contribution in [3.05, 3.63) is 94.5 Å². The van der Waals surface area contributed by atoms with Gasteiger partial charge in [-0.15, -0.1) is 0 Å². The molecule has 0 fully saturated rings. The molecular formula is C26H26ClF2NO5S. The van der Waals surface area contributed by atoms with Crippen LogP contribution in [0.4, 0.5) is 13.6 Å². The summed E-state index contributed by atoms with van der Waals surface area (Å²) in [6.45, 7) is 1.41. The number of halogens is 3. The average molecular weight is 538 g/mol. The number of nitrogens with one attached hydrogen (secondary N) is 1. The van der Waals surface area contributed by atoms with E-state index >= 15 is 0 Å². The van der Waals surface area contributed by atoms with E-state index in [0.29, 0.717) is 17.2 Å². The third kappa shape index (κ3) is 6.95. The molecule has 3 aromatic rings. The molecule has 0 heterocycles. The van der Waals surface area contributed by atoms with Crippen LogP contribution in [0.2, 0.25) is 5.02 Å². The minimum Gasteiger partial charge on any atom is -0.497 e. The minimum atomic E-state index is -4.21. The number of carbonyl (C=O) groups excluding carboxylic acids is 1. The molecule has 0 spiro atoms. The second kappa shape index (κ2) is 12.2. The molecule has 36 heavy (non-hydrogen) atoms. The Labute approximate surface area is 214 Å². The van der Waals surface area contributed by atoms with Crippen molar-refractivity contribution in [2.24, 2.45) is 5.92 Å². The van der Waals surface area contributed by atoms with Gasteiger partial charge in [-0.25, -0.2) is 22.0 Å². The van der Waals surface area contributed by atoms with Crippen molar-refractivity contribution in [2.45, 2.75) is 23.5 Å². The summed E-state index contributed by atoms with van der Waals surface area (Å²) in [7, 11) is -2.64. The van der Waals surface area contributed by atoms with Crippen molar-refractivity contribution >= 4 is 27.5 Å². The Morgan fingerprint density at radius 1 is 1.06 bits per heavy atom. The molecule has 6 nitrogen and oxygen atoms in total. The molecule has 3 aromatic carbocycles. The molecule has 10 heteroatoms. The number of amides is 1. The van der Waals surface area contributed by atoms with E-state index in [4.69, 9.17) is 21.1 Å². The van der Waals surface area contributed by atoms with Gasteiger partial charge in [-0.2, -0.15) is 0 Å². The molecule has 0 radical (unpaired) electrons. The molecule has 0 saturated heterocycles. The predicted octanol–water partition coefficient (Wildman–Crippen LogP) is 5.75. The summed E-state index contributed by atoms with van der Waals surface area (Å²) in [6.07, 6.45) is -0.240. The predicted molar refractivity (Wildman–Crippen MR) is 133 cm³/mol. The Hall–Kier alpha value is -3.17. The first kappa shape index (κ1) is 27.4. The van der Waals surface area contributed by atoms with Gasteiger partial charge in [-0.05, 0) is 66.6 Å². The van der Waals surface area contributed by atoms with Crippen LogP contribution in [-0.2, 0) is 21.0 Å². The van der Waals surface area contributed by atoms with Crippen molar-refractivity contribution in [2.75, 3.05) is 20.3 Å².